The van der Waals surface area contributed by atoms with Crippen molar-refractivity contribution >= 4 is 33.2 Å². The van der Waals surface area contributed by atoms with Gasteiger partial charge in [-0.15, -0.1) is 0 Å². The van der Waals surface area contributed by atoms with Gasteiger partial charge in [0.15, 0.2) is 0 Å². The second-order valence-corrected chi connectivity index (χ2v) is 5.46. The van der Waals surface area contributed by atoms with Gasteiger partial charge in [-0.25, -0.2) is 0 Å². The molecule has 3 rings (SSSR count). The standard InChI is InChI=1S/C14H9BrClN3O/c15-8-5-6-9(11(16)7-8)14-18-13(19-20-14)10-3-1-2-4-12(10)17/h1-7H,17H2. The van der Waals surface area contributed by atoms with Crippen LogP contribution in [0.15, 0.2) is 51.5 Å². The van der Waals surface area contributed by atoms with Crippen molar-refractivity contribution in [2.45, 2.75) is 0 Å². The third-order valence-corrected chi connectivity index (χ3v) is 3.60. The molecule has 0 radical (unpaired) electrons. The van der Waals surface area contributed by atoms with Crippen molar-refractivity contribution in [3.63, 3.8) is 0 Å². The van der Waals surface area contributed by atoms with E-state index in [1.807, 2.05) is 30.3 Å². The Morgan fingerprint density at radius 2 is 1.90 bits per heavy atom. The molecule has 2 N–H and O–H groups in total. The summed E-state index contributed by atoms with van der Waals surface area (Å²) in [6.07, 6.45) is 0. The van der Waals surface area contributed by atoms with Gasteiger partial charge in [-0.2, -0.15) is 4.98 Å². The summed E-state index contributed by atoms with van der Waals surface area (Å²) in [4.78, 5) is 4.34. The molecule has 6 heteroatoms. The van der Waals surface area contributed by atoms with Gasteiger partial charge in [-0.3, -0.25) is 0 Å². The molecule has 1 aromatic heterocycles. The van der Waals surface area contributed by atoms with Crippen molar-refractivity contribution in [2.24, 2.45) is 0 Å². The van der Waals surface area contributed by atoms with Gasteiger partial charge in [0.1, 0.15) is 0 Å². The van der Waals surface area contributed by atoms with Gasteiger partial charge < -0.3 is 10.3 Å². The third kappa shape index (κ3) is 2.42. The number of nitrogens with zero attached hydrogens (tertiary/aromatic N) is 2. The lowest BCUT2D eigenvalue weighted by Crippen LogP contribution is -1.90. The second kappa shape index (κ2) is 5.26. The van der Waals surface area contributed by atoms with Crippen LogP contribution in [0.25, 0.3) is 22.8 Å². The van der Waals surface area contributed by atoms with Crippen LogP contribution in [0.3, 0.4) is 0 Å². The monoisotopic (exact) mass is 349 g/mol. The van der Waals surface area contributed by atoms with Gasteiger partial charge in [0, 0.05) is 15.7 Å². The number of rotatable bonds is 2. The molecule has 4 nitrogen and oxygen atoms in total. The minimum atomic E-state index is 0.362. The van der Waals surface area contributed by atoms with Gasteiger partial charge >= 0.3 is 0 Å². The van der Waals surface area contributed by atoms with Crippen LogP contribution < -0.4 is 5.73 Å². The Bertz CT molecular complexity index is 773. The smallest absolute Gasteiger partial charge is 0.259 e. The molecule has 0 aliphatic heterocycles. The normalized spacial score (nSPS) is 10.7. The zero-order chi connectivity index (χ0) is 14.1. The van der Waals surface area contributed by atoms with Crippen LogP contribution in [0.1, 0.15) is 0 Å². The highest BCUT2D eigenvalue weighted by Crippen LogP contribution is 2.31. The van der Waals surface area contributed by atoms with Crippen molar-refractivity contribution in [2.75, 3.05) is 5.73 Å². The maximum atomic E-state index is 6.17. The van der Waals surface area contributed by atoms with E-state index in [1.54, 1.807) is 12.1 Å². The number of nitrogens with two attached hydrogens (primary N) is 1. The lowest BCUT2D eigenvalue weighted by atomic mass is 10.1. The van der Waals surface area contributed by atoms with Crippen LogP contribution in [0.2, 0.25) is 5.02 Å². The van der Waals surface area contributed by atoms with E-state index in [0.29, 0.717) is 28.0 Å². The first-order chi connectivity index (χ1) is 9.65. The molecule has 0 aliphatic carbocycles. The molecule has 0 amide bonds. The highest BCUT2D eigenvalue weighted by Gasteiger charge is 2.14. The van der Waals surface area contributed by atoms with E-state index in [1.165, 1.54) is 0 Å². The maximum Gasteiger partial charge on any atom is 0.259 e. The average molecular weight is 351 g/mol. The number of nitrogen functional groups attached to an aromatic ring is 1. The first-order valence-corrected chi connectivity index (χ1v) is 6.96. The zero-order valence-corrected chi connectivity index (χ0v) is 12.5. The molecule has 2 aromatic carbocycles. The minimum Gasteiger partial charge on any atom is -0.398 e. The van der Waals surface area contributed by atoms with Crippen molar-refractivity contribution in [3.8, 4) is 22.8 Å². The minimum absolute atomic E-state index is 0.362. The molecule has 0 spiro atoms. The summed E-state index contributed by atoms with van der Waals surface area (Å²) < 4.78 is 6.15. The van der Waals surface area contributed by atoms with Crippen LogP contribution in [0, 0.1) is 0 Å². The first-order valence-electron chi connectivity index (χ1n) is 5.79. The van der Waals surface area contributed by atoms with Gasteiger partial charge in [0.25, 0.3) is 5.89 Å². The Morgan fingerprint density at radius 1 is 1.10 bits per heavy atom. The van der Waals surface area contributed by atoms with Crippen LogP contribution in [0.4, 0.5) is 5.69 Å². The van der Waals surface area contributed by atoms with Crippen molar-refractivity contribution in [1.29, 1.82) is 0 Å². The summed E-state index contributed by atoms with van der Waals surface area (Å²) in [5, 5.41) is 4.49. The van der Waals surface area contributed by atoms with E-state index in [9.17, 15) is 0 Å². The highest BCUT2D eigenvalue weighted by atomic mass is 79.9. The van der Waals surface area contributed by atoms with Gasteiger partial charge in [-0.1, -0.05) is 44.8 Å². The molecule has 0 saturated carbocycles. The first kappa shape index (κ1) is 13.1. The van der Waals surface area contributed by atoms with E-state index in [-0.39, 0.29) is 0 Å². The lowest BCUT2D eigenvalue weighted by molar-refractivity contribution is 0.432. The Balaban J connectivity index is 2.04. The van der Waals surface area contributed by atoms with Crippen molar-refractivity contribution < 1.29 is 4.52 Å². The van der Waals surface area contributed by atoms with Crippen molar-refractivity contribution in [1.82, 2.24) is 10.1 Å². The Hall–Kier alpha value is -1.85. The van der Waals surface area contributed by atoms with E-state index in [0.717, 1.165) is 10.0 Å². The molecule has 0 unspecified atom stereocenters. The van der Waals surface area contributed by atoms with Gasteiger partial charge in [0.2, 0.25) is 5.82 Å². The number of anilines is 1. The summed E-state index contributed by atoms with van der Waals surface area (Å²) in [6, 6.07) is 12.8. The summed E-state index contributed by atoms with van der Waals surface area (Å²) in [6.45, 7) is 0. The fourth-order valence-corrected chi connectivity index (χ4v) is 2.56. The highest BCUT2D eigenvalue weighted by molar-refractivity contribution is 9.10. The summed E-state index contributed by atoms with van der Waals surface area (Å²) >= 11 is 9.52. The number of aromatic nitrogens is 2. The molecule has 100 valence electrons. The summed E-state index contributed by atoms with van der Waals surface area (Å²) in [5.41, 5.74) is 7.91. The van der Waals surface area contributed by atoms with E-state index in [4.69, 9.17) is 21.9 Å². The Morgan fingerprint density at radius 3 is 2.65 bits per heavy atom. The SMILES string of the molecule is Nc1ccccc1-c1noc(-c2ccc(Br)cc2Cl)n1. The third-order valence-electron chi connectivity index (χ3n) is 2.79. The maximum absolute atomic E-state index is 6.17. The molecule has 1 heterocycles. The Kier molecular flexibility index (Phi) is 3.46. The lowest BCUT2D eigenvalue weighted by Gasteiger charge is -1.99. The van der Waals surface area contributed by atoms with Crippen LogP contribution >= 0.6 is 27.5 Å². The Labute approximate surface area is 128 Å². The molecule has 0 atom stereocenters. The molecular formula is C14H9BrClN3O. The fourth-order valence-electron chi connectivity index (χ4n) is 1.81. The molecular weight excluding hydrogens is 342 g/mol. The van der Waals surface area contributed by atoms with E-state index in [2.05, 4.69) is 26.1 Å². The van der Waals surface area contributed by atoms with Crippen molar-refractivity contribution in [3.05, 3.63) is 52.0 Å². The number of benzene rings is 2. The van der Waals surface area contributed by atoms with Crippen LogP contribution in [-0.4, -0.2) is 10.1 Å². The number of para-hydroxylation sites is 1. The molecule has 20 heavy (non-hydrogen) atoms. The average Bonchev–Trinajstić information content (AvgIpc) is 2.88. The fraction of sp³-hybridized carbons (Fsp3) is 0. The van der Waals surface area contributed by atoms with Crippen LogP contribution in [-0.2, 0) is 0 Å². The second-order valence-electron chi connectivity index (χ2n) is 4.13. The zero-order valence-electron chi connectivity index (χ0n) is 10.2. The molecule has 0 aliphatic rings. The summed E-state index contributed by atoms with van der Waals surface area (Å²) in [5.74, 6) is 0.804. The van der Waals surface area contributed by atoms with Crippen LogP contribution in [0.5, 0.6) is 0 Å². The number of halogens is 2. The van der Waals surface area contributed by atoms with E-state index < -0.39 is 0 Å². The van der Waals surface area contributed by atoms with Gasteiger partial charge in [0.05, 0.1) is 10.6 Å². The largest absolute Gasteiger partial charge is 0.398 e. The van der Waals surface area contributed by atoms with E-state index >= 15 is 0 Å². The molecule has 3 aromatic rings. The summed E-state index contributed by atoms with van der Waals surface area (Å²) in [7, 11) is 0. The topological polar surface area (TPSA) is 64.9 Å². The molecule has 0 saturated heterocycles. The molecule has 0 bridgehead atoms. The predicted octanol–water partition coefficient (Wildman–Crippen LogP) is 4.40. The quantitative estimate of drug-likeness (QED) is 0.696. The van der Waals surface area contributed by atoms with Gasteiger partial charge in [-0.05, 0) is 30.3 Å². The predicted molar refractivity (Wildman–Crippen MR) is 82.3 cm³/mol. The molecule has 0 fully saturated rings. The number of hydrogen-bond donors (Lipinski definition) is 1. The number of hydrogen-bond acceptors (Lipinski definition) is 4.